The van der Waals surface area contributed by atoms with E-state index in [4.69, 9.17) is 9.97 Å². The summed E-state index contributed by atoms with van der Waals surface area (Å²) in [5, 5.41) is 4.65. The number of para-hydroxylation sites is 2. The van der Waals surface area contributed by atoms with E-state index in [0.717, 1.165) is 61.3 Å². The van der Waals surface area contributed by atoms with Gasteiger partial charge in [-0.2, -0.15) is 0 Å². The lowest BCUT2D eigenvalue weighted by molar-refractivity contribution is 1.28. The summed E-state index contributed by atoms with van der Waals surface area (Å²) in [5.41, 5.74) is 9.37. The van der Waals surface area contributed by atoms with Crippen LogP contribution in [-0.2, 0) is 0 Å². The van der Waals surface area contributed by atoms with Crippen molar-refractivity contribution < 1.29 is 0 Å². The summed E-state index contributed by atoms with van der Waals surface area (Å²) >= 11 is 0. The first-order valence-corrected chi connectivity index (χ1v) is 14.5. The molecule has 0 amide bonds. The van der Waals surface area contributed by atoms with Crippen molar-refractivity contribution in [3.8, 4) is 22.4 Å². The number of nitrogens with zero attached hydrogens (tertiary/aromatic N) is 3. The lowest BCUT2D eigenvalue weighted by atomic mass is 9.98. The second kappa shape index (κ2) is 10.6. The average molecular weight is 550 g/mol. The number of fused-ring (bicyclic) bond motifs is 6. The normalized spacial score (nSPS) is 11.3. The second-order valence-electron chi connectivity index (χ2n) is 10.7. The van der Waals surface area contributed by atoms with Crippen molar-refractivity contribution in [2.24, 2.45) is 0 Å². The number of rotatable bonds is 5. The lowest BCUT2D eigenvalue weighted by Crippen LogP contribution is -2.09. The zero-order valence-electron chi connectivity index (χ0n) is 23.4. The highest BCUT2D eigenvalue weighted by atomic mass is 15.1. The number of anilines is 3. The minimum Gasteiger partial charge on any atom is -0.310 e. The van der Waals surface area contributed by atoms with Gasteiger partial charge in [0.25, 0.3) is 0 Å². The van der Waals surface area contributed by atoms with E-state index < -0.39 is 0 Å². The fraction of sp³-hybridized carbons (Fsp3) is 0. The van der Waals surface area contributed by atoms with Crippen molar-refractivity contribution in [1.82, 2.24) is 9.97 Å². The van der Waals surface area contributed by atoms with Gasteiger partial charge in [-0.3, -0.25) is 4.98 Å². The predicted octanol–water partition coefficient (Wildman–Crippen LogP) is 10.7. The fourth-order valence-electron chi connectivity index (χ4n) is 6.05. The van der Waals surface area contributed by atoms with Crippen molar-refractivity contribution >= 4 is 49.6 Å². The summed E-state index contributed by atoms with van der Waals surface area (Å²) in [5.74, 6) is 0. The molecular formula is C40H27N3. The molecule has 1 heterocycles. The maximum absolute atomic E-state index is 5.21. The van der Waals surface area contributed by atoms with Crippen molar-refractivity contribution in [3.05, 3.63) is 164 Å². The third-order valence-electron chi connectivity index (χ3n) is 8.05. The molecule has 0 bridgehead atoms. The van der Waals surface area contributed by atoms with Crippen LogP contribution < -0.4 is 4.90 Å². The molecule has 3 heteroatoms. The molecule has 43 heavy (non-hydrogen) atoms. The Balaban J connectivity index is 1.23. The molecule has 0 N–H and O–H groups in total. The molecule has 7 aromatic carbocycles. The Labute approximate surface area is 250 Å². The summed E-state index contributed by atoms with van der Waals surface area (Å²) in [6.07, 6.45) is 1.91. The molecule has 0 radical (unpaired) electrons. The van der Waals surface area contributed by atoms with Crippen LogP contribution in [-0.4, -0.2) is 9.97 Å². The SMILES string of the molecule is c1ccc(N(c2ccccc2)c2cccc(-c3cccc(-c4cnc5c6ccccc6c6ccccc6c5n4)c3)c2)cc1. The molecule has 3 nitrogen and oxygen atoms in total. The molecule has 0 saturated carbocycles. The Hall–Kier alpha value is -5.80. The van der Waals surface area contributed by atoms with E-state index in [1.54, 1.807) is 0 Å². The minimum atomic E-state index is 0.862. The van der Waals surface area contributed by atoms with E-state index in [9.17, 15) is 0 Å². The van der Waals surface area contributed by atoms with Gasteiger partial charge in [-0.25, -0.2) is 4.98 Å². The third kappa shape index (κ3) is 4.48. The van der Waals surface area contributed by atoms with Crippen LogP contribution in [0.4, 0.5) is 17.1 Å². The molecule has 8 aromatic rings. The average Bonchev–Trinajstić information content (AvgIpc) is 3.09. The zero-order valence-corrected chi connectivity index (χ0v) is 23.4. The van der Waals surface area contributed by atoms with Gasteiger partial charge in [0, 0.05) is 33.4 Å². The predicted molar refractivity (Wildman–Crippen MR) is 180 cm³/mol. The Kier molecular flexibility index (Phi) is 6.12. The molecule has 0 aliphatic carbocycles. The Morgan fingerprint density at radius 3 is 1.51 bits per heavy atom. The topological polar surface area (TPSA) is 29.0 Å². The van der Waals surface area contributed by atoms with Crippen molar-refractivity contribution in [1.29, 1.82) is 0 Å². The van der Waals surface area contributed by atoms with Gasteiger partial charge < -0.3 is 4.90 Å². The van der Waals surface area contributed by atoms with E-state index in [0.29, 0.717) is 0 Å². The van der Waals surface area contributed by atoms with Crippen molar-refractivity contribution in [2.75, 3.05) is 4.90 Å². The number of aromatic nitrogens is 2. The first kappa shape index (κ1) is 25.0. The summed E-state index contributed by atoms with van der Waals surface area (Å²) in [7, 11) is 0. The molecule has 0 aliphatic rings. The van der Waals surface area contributed by atoms with E-state index >= 15 is 0 Å². The van der Waals surface area contributed by atoms with Crippen molar-refractivity contribution in [2.45, 2.75) is 0 Å². The Bertz CT molecular complexity index is 2170. The maximum Gasteiger partial charge on any atom is 0.0979 e. The van der Waals surface area contributed by atoms with Gasteiger partial charge in [0.2, 0.25) is 0 Å². The molecule has 0 fully saturated rings. The molecule has 0 saturated heterocycles. The summed E-state index contributed by atoms with van der Waals surface area (Å²) < 4.78 is 0. The smallest absolute Gasteiger partial charge is 0.0979 e. The van der Waals surface area contributed by atoms with Gasteiger partial charge in [-0.05, 0) is 64.4 Å². The highest BCUT2D eigenvalue weighted by Gasteiger charge is 2.14. The molecule has 0 atom stereocenters. The van der Waals surface area contributed by atoms with Crippen LogP contribution in [0.15, 0.2) is 164 Å². The first-order valence-electron chi connectivity index (χ1n) is 14.5. The van der Waals surface area contributed by atoms with Gasteiger partial charge in [-0.15, -0.1) is 0 Å². The van der Waals surface area contributed by atoms with Crippen LogP contribution in [0, 0.1) is 0 Å². The van der Waals surface area contributed by atoms with Gasteiger partial charge in [0.05, 0.1) is 22.9 Å². The van der Waals surface area contributed by atoms with Gasteiger partial charge in [0.15, 0.2) is 0 Å². The summed E-state index contributed by atoms with van der Waals surface area (Å²) in [6, 6.07) is 55.3. The van der Waals surface area contributed by atoms with Gasteiger partial charge in [0.1, 0.15) is 0 Å². The standard InChI is InChI=1S/C40H27N3/c1-3-16-31(17-4-1)43(32-18-5-2-6-19-32)33-20-12-14-29(26-33)28-13-11-15-30(25-28)38-27-41-39-36-23-9-7-21-34(36)35-22-8-10-24-37(35)40(39)42-38/h1-27H. The van der Waals surface area contributed by atoms with Crippen molar-refractivity contribution in [3.63, 3.8) is 0 Å². The number of hydrogen-bond acceptors (Lipinski definition) is 3. The molecule has 8 rings (SSSR count). The maximum atomic E-state index is 5.21. The number of hydrogen-bond donors (Lipinski definition) is 0. The van der Waals surface area contributed by atoms with Crippen LogP contribution >= 0.6 is 0 Å². The Morgan fingerprint density at radius 1 is 0.372 bits per heavy atom. The molecule has 0 spiro atoms. The molecule has 202 valence electrons. The van der Waals surface area contributed by atoms with E-state index in [-0.39, 0.29) is 0 Å². The van der Waals surface area contributed by atoms with E-state index in [1.165, 1.54) is 10.8 Å². The third-order valence-corrected chi connectivity index (χ3v) is 8.05. The van der Waals surface area contributed by atoms with Crippen LogP contribution in [0.25, 0.3) is 55.0 Å². The minimum absolute atomic E-state index is 0.862. The Morgan fingerprint density at radius 2 is 0.860 bits per heavy atom. The largest absolute Gasteiger partial charge is 0.310 e. The molecule has 0 unspecified atom stereocenters. The van der Waals surface area contributed by atoms with E-state index in [1.807, 2.05) is 6.20 Å². The zero-order chi connectivity index (χ0) is 28.6. The highest BCUT2D eigenvalue weighted by Crippen LogP contribution is 2.37. The lowest BCUT2D eigenvalue weighted by Gasteiger charge is -2.26. The van der Waals surface area contributed by atoms with Crippen LogP contribution in [0.2, 0.25) is 0 Å². The monoisotopic (exact) mass is 549 g/mol. The molecule has 1 aromatic heterocycles. The summed E-state index contributed by atoms with van der Waals surface area (Å²) in [6.45, 7) is 0. The summed E-state index contributed by atoms with van der Waals surface area (Å²) in [4.78, 5) is 12.5. The number of benzene rings is 7. The van der Waals surface area contributed by atoms with Gasteiger partial charge >= 0.3 is 0 Å². The van der Waals surface area contributed by atoms with Crippen LogP contribution in [0.3, 0.4) is 0 Å². The van der Waals surface area contributed by atoms with Crippen LogP contribution in [0.1, 0.15) is 0 Å². The van der Waals surface area contributed by atoms with Crippen LogP contribution in [0.5, 0.6) is 0 Å². The second-order valence-corrected chi connectivity index (χ2v) is 10.7. The molecular weight excluding hydrogens is 522 g/mol. The first-order chi connectivity index (χ1) is 21.3. The quantitative estimate of drug-likeness (QED) is 0.200. The fourth-order valence-corrected chi connectivity index (χ4v) is 6.05. The van der Waals surface area contributed by atoms with E-state index in [2.05, 4.69) is 163 Å². The molecule has 0 aliphatic heterocycles. The highest BCUT2D eigenvalue weighted by molar-refractivity contribution is 6.23. The van der Waals surface area contributed by atoms with Gasteiger partial charge in [-0.1, -0.05) is 115 Å².